The Hall–Kier alpha value is -1.39. The van der Waals surface area contributed by atoms with Crippen LogP contribution in [0.5, 0.6) is 0 Å². The maximum absolute atomic E-state index is 10.8. The Kier molecular flexibility index (Phi) is 8.11. The highest BCUT2D eigenvalue weighted by atomic mass is 16.5. The number of hydrogen-bond donors (Lipinski definition) is 1. The van der Waals surface area contributed by atoms with Gasteiger partial charge in [-0.3, -0.25) is 4.90 Å². The van der Waals surface area contributed by atoms with Crippen LogP contribution in [0, 0.1) is 0 Å². The molecule has 0 aliphatic carbocycles. The van der Waals surface area contributed by atoms with E-state index in [1.165, 1.54) is 0 Å². The van der Waals surface area contributed by atoms with Crippen molar-refractivity contribution in [1.29, 1.82) is 0 Å². The van der Waals surface area contributed by atoms with E-state index < -0.39 is 12.1 Å². The molecule has 0 aromatic carbocycles. The smallest absolute Gasteiger partial charge is 0.330 e. The number of esters is 1. The highest BCUT2D eigenvalue weighted by molar-refractivity contribution is 5.81. The van der Waals surface area contributed by atoms with Crippen LogP contribution in [-0.2, 0) is 9.53 Å². The first-order valence-electron chi connectivity index (χ1n) is 5.05. The second-order valence-corrected chi connectivity index (χ2v) is 3.28. The van der Waals surface area contributed by atoms with Gasteiger partial charge in [-0.05, 0) is 0 Å². The molecule has 90 valence electrons. The first-order chi connectivity index (χ1) is 7.63. The Morgan fingerprint density at radius 3 is 2.31 bits per heavy atom. The summed E-state index contributed by atoms with van der Waals surface area (Å²) in [6.07, 6.45) is 3.83. The molecule has 0 aliphatic rings. The molecule has 1 N–H and O–H groups in total. The number of carbonyl (C=O) groups excluding carboxylic acids is 1. The van der Waals surface area contributed by atoms with Crippen LogP contribution in [0.4, 0.5) is 0 Å². The predicted octanol–water partition coefficient (Wildman–Crippen LogP) is 0.750. The van der Waals surface area contributed by atoms with Crippen LogP contribution in [0.1, 0.15) is 0 Å². The lowest BCUT2D eigenvalue weighted by atomic mass is 10.3. The molecule has 0 radical (unpaired) electrons. The van der Waals surface area contributed by atoms with Crippen LogP contribution in [-0.4, -0.2) is 48.3 Å². The van der Waals surface area contributed by atoms with Crippen LogP contribution in [0.3, 0.4) is 0 Å². The molecule has 0 aromatic heterocycles. The molecule has 0 amide bonds. The largest absolute Gasteiger partial charge is 0.460 e. The summed E-state index contributed by atoms with van der Waals surface area (Å²) in [6, 6.07) is 0. The minimum atomic E-state index is -0.719. The Labute approximate surface area is 96.5 Å². The van der Waals surface area contributed by atoms with E-state index in [-0.39, 0.29) is 6.61 Å². The molecule has 0 spiro atoms. The summed E-state index contributed by atoms with van der Waals surface area (Å²) in [7, 11) is 0. The minimum Gasteiger partial charge on any atom is -0.460 e. The average Bonchev–Trinajstić information content (AvgIpc) is 2.26. The van der Waals surface area contributed by atoms with E-state index in [2.05, 4.69) is 19.7 Å². The van der Waals surface area contributed by atoms with Crippen LogP contribution in [0.2, 0.25) is 0 Å². The number of ether oxygens (including phenoxy) is 1. The fourth-order valence-electron chi connectivity index (χ4n) is 1.18. The Morgan fingerprint density at radius 2 is 1.88 bits per heavy atom. The normalized spacial score (nSPS) is 11.9. The molecule has 1 atom stereocenters. The van der Waals surface area contributed by atoms with E-state index in [9.17, 15) is 9.90 Å². The fourth-order valence-corrected chi connectivity index (χ4v) is 1.18. The number of aliphatic hydroxyl groups is 1. The van der Waals surface area contributed by atoms with Gasteiger partial charge in [0.2, 0.25) is 0 Å². The maximum Gasteiger partial charge on any atom is 0.330 e. The number of rotatable bonds is 9. The van der Waals surface area contributed by atoms with Crippen molar-refractivity contribution in [1.82, 2.24) is 4.90 Å². The van der Waals surface area contributed by atoms with Crippen LogP contribution < -0.4 is 0 Å². The van der Waals surface area contributed by atoms with Gasteiger partial charge in [-0.15, -0.1) is 13.2 Å². The van der Waals surface area contributed by atoms with E-state index >= 15 is 0 Å². The standard InChI is InChI=1S/C12H19NO3/c1-4-7-13(8-5-2)9-11(14)10-16-12(15)6-3/h4-6,11,14H,1-3,7-10H2. The second-order valence-electron chi connectivity index (χ2n) is 3.28. The Balaban J connectivity index is 3.92. The van der Waals surface area contributed by atoms with Crippen molar-refractivity contribution >= 4 is 5.97 Å². The molecular weight excluding hydrogens is 206 g/mol. The fraction of sp³-hybridized carbons (Fsp3) is 0.417. The second kappa shape index (κ2) is 8.88. The van der Waals surface area contributed by atoms with Crippen molar-refractivity contribution in [2.75, 3.05) is 26.2 Å². The molecule has 0 bridgehead atoms. The summed E-state index contributed by atoms with van der Waals surface area (Å²) in [6.45, 7) is 12.2. The topological polar surface area (TPSA) is 49.8 Å². The van der Waals surface area contributed by atoms with E-state index in [0.29, 0.717) is 19.6 Å². The highest BCUT2D eigenvalue weighted by Gasteiger charge is 2.11. The molecule has 0 fully saturated rings. The van der Waals surface area contributed by atoms with Crippen molar-refractivity contribution in [3.63, 3.8) is 0 Å². The van der Waals surface area contributed by atoms with E-state index in [4.69, 9.17) is 4.74 Å². The van der Waals surface area contributed by atoms with Crippen molar-refractivity contribution in [3.05, 3.63) is 38.0 Å². The SMILES string of the molecule is C=CCN(CC=C)CC(O)COC(=O)C=C. The summed E-state index contributed by atoms with van der Waals surface area (Å²) in [5, 5.41) is 9.60. The summed E-state index contributed by atoms with van der Waals surface area (Å²) in [4.78, 5) is 12.7. The zero-order valence-electron chi connectivity index (χ0n) is 9.47. The molecule has 4 nitrogen and oxygen atoms in total. The third-order valence-electron chi connectivity index (χ3n) is 1.83. The Morgan fingerprint density at radius 1 is 1.31 bits per heavy atom. The molecule has 0 rings (SSSR count). The molecule has 0 aromatic rings. The van der Waals surface area contributed by atoms with Crippen molar-refractivity contribution in [2.24, 2.45) is 0 Å². The average molecular weight is 225 g/mol. The third kappa shape index (κ3) is 6.98. The maximum atomic E-state index is 10.8. The molecular formula is C12H19NO3. The number of carbonyl (C=O) groups is 1. The molecule has 1 unspecified atom stereocenters. The van der Waals surface area contributed by atoms with E-state index in [1.807, 2.05) is 4.90 Å². The van der Waals surface area contributed by atoms with Crippen LogP contribution >= 0.6 is 0 Å². The van der Waals surface area contributed by atoms with Crippen molar-refractivity contribution < 1.29 is 14.6 Å². The lowest BCUT2D eigenvalue weighted by Gasteiger charge is -2.21. The monoisotopic (exact) mass is 225 g/mol. The van der Waals surface area contributed by atoms with Gasteiger partial charge in [0.15, 0.2) is 0 Å². The number of aliphatic hydroxyl groups excluding tert-OH is 1. The Bertz CT molecular complexity index is 241. The van der Waals surface area contributed by atoms with Gasteiger partial charge < -0.3 is 9.84 Å². The van der Waals surface area contributed by atoms with Gasteiger partial charge in [-0.2, -0.15) is 0 Å². The van der Waals surface area contributed by atoms with Gasteiger partial charge in [0.25, 0.3) is 0 Å². The summed E-state index contributed by atoms with van der Waals surface area (Å²) >= 11 is 0. The quantitative estimate of drug-likeness (QED) is 0.357. The van der Waals surface area contributed by atoms with Gasteiger partial charge in [0.05, 0.1) is 0 Å². The highest BCUT2D eigenvalue weighted by Crippen LogP contribution is 1.95. The molecule has 0 aliphatic heterocycles. The molecule has 0 heterocycles. The van der Waals surface area contributed by atoms with Gasteiger partial charge in [-0.1, -0.05) is 18.7 Å². The van der Waals surface area contributed by atoms with Gasteiger partial charge in [-0.25, -0.2) is 4.79 Å². The molecule has 0 saturated carbocycles. The van der Waals surface area contributed by atoms with Gasteiger partial charge >= 0.3 is 5.97 Å². The summed E-state index contributed by atoms with van der Waals surface area (Å²) < 4.78 is 4.72. The lowest BCUT2D eigenvalue weighted by Crippen LogP contribution is -2.35. The van der Waals surface area contributed by atoms with E-state index in [1.54, 1.807) is 12.2 Å². The predicted molar refractivity (Wildman–Crippen MR) is 64.0 cm³/mol. The molecule has 0 saturated heterocycles. The lowest BCUT2D eigenvalue weighted by molar-refractivity contribution is -0.140. The van der Waals surface area contributed by atoms with Crippen molar-refractivity contribution in [2.45, 2.75) is 6.10 Å². The third-order valence-corrected chi connectivity index (χ3v) is 1.83. The van der Waals surface area contributed by atoms with Crippen LogP contribution in [0.25, 0.3) is 0 Å². The van der Waals surface area contributed by atoms with Gasteiger partial charge in [0, 0.05) is 25.7 Å². The molecule has 4 heteroatoms. The van der Waals surface area contributed by atoms with Crippen molar-refractivity contribution in [3.8, 4) is 0 Å². The number of hydrogen-bond acceptors (Lipinski definition) is 4. The van der Waals surface area contributed by atoms with Gasteiger partial charge in [0.1, 0.15) is 12.7 Å². The zero-order chi connectivity index (χ0) is 12.4. The zero-order valence-corrected chi connectivity index (χ0v) is 9.47. The van der Waals surface area contributed by atoms with Crippen LogP contribution in [0.15, 0.2) is 38.0 Å². The minimum absolute atomic E-state index is 0.0321. The molecule has 16 heavy (non-hydrogen) atoms. The number of nitrogens with zero attached hydrogens (tertiary/aromatic N) is 1. The van der Waals surface area contributed by atoms with E-state index in [0.717, 1.165) is 6.08 Å². The first-order valence-corrected chi connectivity index (χ1v) is 5.05. The first kappa shape index (κ1) is 14.6. The summed E-state index contributed by atoms with van der Waals surface area (Å²) in [5.41, 5.74) is 0. The summed E-state index contributed by atoms with van der Waals surface area (Å²) in [5.74, 6) is -0.530.